The second-order valence-corrected chi connectivity index (χ2v) is 3.98. The van der Waals surface area contributed by atoms with Crippen molar-refractivity contribution in [2.45, 2.75) is 33.0 Å². The predicted molar refractivity (Wildman–Crippen MR) is 58.7 cm³/mol. The zero-order valence-corrected chi connectivity index (χ0v) is 9.67. The molecule has 0 aliphatic rings. The summed E-state index contributed by atoms with van der Waals surface area (Å²) in [5.41, 5.74) is 1.21. The molecule has 1 aromatic rings. The average molecular weight is 243 g/mol. The second kappa shape index (κ2) is 5.40. The van der Waals surface area contributed by atoms with Crippen LogP contribution in [0.3, 0.4) is 0 Å². The van der Waals surface area contributed by atoms with Gasteiger partial charge in [0, 0.05) is 4.47 Å². The fourth-order valence-electron chi connectivity index (χ4n) is 0.965. The van der Waals surface area contributed by atoms with E-state index in [1.165, 1.54) is 5.56 Å². The minimum absolute atomic E-state index is 0.340. The third kappa shape index (κ3) is 3.49. The van der Waals surface area contributed by atoms with Gasteiger partial charge in [0.15, 0.2) is 0 Å². The van der Waals surface area contributed by atoms with E-state index in [1.807, 2.05) is 18.2 Å². The van der Waals surface area contributed by atoms with Gasteiger partial charge in [-0.3, -0.25) is 0 Å². The molecule has 0 fully saturated rings. The highest BCUT2D eigenvalue weighted by atomic mass is 79.9. The molecule has 0 aromatic heterocycles. The third-order valence-electron chi connectivity index (χ3n) is 2.06. The summed E-state index contributed by atoms with van der Waals surface area (Å²) in [6.45, 7) is 4.91. The zero-order valence-electron chi connectivity index (χ0n) is 8.09. The van der Waals surface area contributed by atoms with Crippen LogP contribution in [0.2, 0.25) is 0 Å². The van der Waals surface area contributed by atoms with Crippen LogP contribution >= 0.6 is 15.9 Å². The Balaban J connectivity index is 2.50. The maximum absolute atomic E-state index is 5.63. The van der Waals surface area contributed by atoms with Gasteiger partial charge < -0.3 is 4.74 Å². The van der Waals surface area contributed by atoms with Crippen LogP contribution in [0.5, 0.6) is 0 Å². The SMILES string of the molecule is CCC(C)OCc1ccccc1Br. The van der Waals surface area contributed by atoms with E-state index < -0.39 is 0 Å². The first-order valence-electron chi connectivity index (χ1n) is 4.59. The van der Waals surface area contributed by atoms with Crippen LogP contribution in [0, 0.1) is 0 Å². The summed E-state index contributed by atoms with van der Waals surface area (Å²) >= 11 is 3.49. The van der Waals surface area contributed by atoms with Gasteiger partial charge in [-0.2, -0.15) is 0 Å². The molecule has 1 aromatic carbocycles. The standard InChI is InChI=1S/C11H15BrO/c1-3-9(2)13-8-10-6-4-5-7-11(10)12/h4-7,9H,3,8H2,1-2H3. The van der Waals surface area contributed by atoms with Gasteiger partial charge >= 0.3 is 0 Å². The predicted octanol–water partition coefficient (Wildman–Crippen LogP) is 3.76. The number of hydrogen-bond donors (Lipinski definition) is 0. The Hall–Kier alpha value is -0.340. The monoisotopic (exact) mass is 242 g/mol. The van der Waals surface area contributed by atoms with Crippen molar-refractivity contribution < 1.29 is 4.74 Å². The van der Waals surface area contributed by atoms with Crippen LogP contribution in [0.25, 0.3) is 0 Å². The van der Waals surface area contributed by atoms with Crippen molar-refractivity contribution in [2.24, 2.45) is 0 Å². The Labute approximate surface area is 88.2 Å². The molecule has 0 aliphatic heterocycles. The smallest absolute Gasteiger partial charge is 0.0731 e. The highest BCUT2D eigenvalue weighted by Crippen LogP contribution is 2.17. The lowest BCUT2D eigenvalue weighted by Crippen LogP contribution is -2.06. The van der Waals surface area contributed by atoms with Gasteiger partial charge in [0.25, 0.3) is 0 Å². The van der Waals surface area contributed by atoms with E-state index in [4.69, 9.17) is 4.74 Å². The molecule has 2 heteroatoms. The molecule has 13 heavy (non-hydrogen) atoms. The number of hydrogen-bond acceptors (Lipinski definition) is 1. The van der Waals surface area contributed by atoms with E-state index in [0.29, 0.717) is 12.7 Å². The molecule has 0 amide bonds. The lowest BCUT2D eigenvalue weighted by atomic mass is 10.2. The third-order valence-corrected chi connectivity index (χ3v) is 2.83. The van der Waals surface area contributed by atoms with Gasteiger partial charge in [-0.1, -0.05) is 41.1 Å². The van der Waals surface area contributed by atoms with E-state index >= 15 is 0 Å². The van der Waals surface area contributed by atoms with E-state index in [2.05, 4.69) is 35.8 Å². The van der Waals surface area contributed by atoms with Crippen molar-refractivity contribution in [3.8, 4) is 0 Å². The average Bonchev–Trinajstić information content (AvgIpc) is 2.16. The first-order valence-corrected chi connectivity index (χ1v) is 5.38. The molecule has 0 saturated carbocycles. The lowest BCUT2D eigenvalue weighted by Gasteiger charge is -2.11. The zero-order chi connectivity index (χ0) is 9.68. The fraction of sp³-hybridized carbons (Fsp3) is 0.455. The topological polar surface area (TPSA) is 9.23 Å². The minimum atomic E-state index is 0.340. The minimum Gasteiger partial charge on any atom is -0.374 e. The summed E-state index contributed by atoms with van der Waals surface area (Å²) in [7, 11) is 0. The molecular weight excluding hydrogens is 228 g/mol. The number of rotatable bonds is 4. The van der Waals surface area contributed by atoms with Crippen molar-refractivity contribution in [2.75, 3.05) is 0 Å². The van der Waals surface area contributed by atoms with Gasteiger partial charge in [-0.05, 0) is 25.0 Å². The van der Waals surface area contributed by atoms with Crippen LogP contribution < -0.4 is 0 Å². The van der Waals surface area contributed by atoms with Crippen LogP contribution in [0.15, 0.2) is 28.7 Å². The van der Waals surface area contributed by atoms with Crippen molar-refractivity contribution in [3.05, 3.63) is 34.3 Å². The van der Waals surface area contributed by atoms with Gasteiger partial charge in [-0.15, -0.1) is 0 Å². The molecule has 1 nitrogen and oxygen atoms in total. The molecule has 0 spiro atoms. The summed E-state index contributed by atoms with van der Waals surface area (Å²) in [5, 5.41) is 0. The largest absolute Gasteiger partial charge is 0.374 e. The first-order chi connectivity index (χ1) is 6.24. The number of benzene rings is 1. The van der Waals surface area contributed by atoms with Gasteiger partial charge in [0.1, 0.15) is 0 Å². The molecule has 0 bridgehead atoms. The highest BCUT2D eigenvalue weighted by Gasteiger charge is 2.01. The molecule has 0 N–H and O–H groups in total. The molecular formula is C11H15BrO. The van der Waals surface area contributed by atoms with Crippen molar-refractivity contribution in [3.63, 3.8) is 0 Å². The van der Waals surface area contributed by atoms with E-state index in [9.17, 15) is 0 Å². The van der Waals surface area contributed by atoms with Gasteiger partial charge in [0.05, 0.1) is 12.7 Å². The van der Waals surface area contributed by atoms with E-state index in [0.717, 1.165) is 10.9 Å². The highest BCUT2D eigenvalue weighted by molar-refractivity contribution is 9.10. The Morgan fingerprint density at radius 1 is 1.38 bits per heavy atom. The Kier molecular flexibility index (Phi) is 4.46. The molecule has 0 heterocycles. The summed E-state index contributed by atoms with van der Waals surface area (Å²) in [6, 6.07) is 8.15. The first kappa shape index (κ1) is 10.7. The van der Waals surface area contributed by atoms with Gasteiger partial charge in [-0.25, -0.2) is 0 Å². The maximum Gasteiger partial charge on any atom is 0.0731 e. The quantitative estimate of drug-likeness (QED) is 0.782. The Bertz CT molecular complexity index is 260. The molecule has 0 radical (unpaired) electrons. The molecule has 72 valence electrons. The second-order valence-electron chi connectivity index (χ2n) is 3.12. The molecule has 1 unspecified atom stereocenters. The maximum atomic E-state index is 5.63. The Morgan fingerprint density at radius 2 is 2.08 bits per heavy atom. The molecule has 1 rings (SSSR count). The summed E-state index contributed by atoms with van der Waals surface area (Å²) in [5.74, 6) is 0. The van der Waals surface area contributed by atoms with Crippen molar-refractivity contribution in [1.82, 2.24) is 0 Å². The Morgan fingerprint density at radius 3 is 2.69 bits per heavy atom. The normalized spacial score (nSPS) is 12.8. The number of halogens is 1. The van der Waals surface area contributed by atoms with Crippen LogP contribution in [0.4, 0.5) is 0 Å². The number of ether oxygens (including phenoxy) is 1. The van der Waals surface area contributed by atoms with Crippen LogP contribution in [-0.2, 0) is 11.3 Å². The molecule has 1 atom stereocenters. The lowest BCUT2D eigenvalue weighted by molar-refractivity contribution is 0.0505. The molecule has 0 aliphatic carbocycles. The summed E-state index contributed by atoms with van der Waals surface area (Å²) in [6.07, 6.45) is 1.40. The van der Waals surface area contributed by atoms with E-state index in [1.54, 1.807) is 0 Å². The van der Waals surface area contributed by atoms with E-state index in [-0.39, 0.29) is 0 Å². The summed E-state index contributed by atoms with van der Waals surface area (Å²) in [4.78, 5) is 0. The fourth-order valence-corrected chi connectivity index (χ4v) is 1.36. The molecule has 0 saturated heterocycles. The van der Waals surface area contributed by atoms with Crippen LogP contribution in [-0.4, -0.2) is 6.10 Å². The summed E-state index contributed by atoms with van der Waals surface area (Å²) < 4.78 is 6.75. The van der Waals surface area contributed by atoms with Crippen molar-refractivity contribution in [1.29, 1.82) is 0 Å². The van der Waals surface area contributed by atoms with Crippen LogP contribution in [0.1, 0.15) is 25.8 Å². The van der Waals surface area contributed by atoms with Crippen molar-refractivity contribution >= 4 is 15.9 Å². The van der Waals surface area contributed by atoms with Gasteiger partial charge in [0.2, 0.25) is 0 Å².